The van der Waals surface area contributed by atoms with Gasteiger partial charge in [0.05, 0.1) is 5.69 Å². The summed E-state index contributed by atoms with van der Waals surface area (Å²) in [4.78, 5) is 6.82. The van der Waals surface area contributed by atoms with Crippen LogP contribution in [0.2, 0.25) is 0 Å². The zero-order valence-electron chi connectivity index (χ0n) is 15.5. The minimum Gasteiger partial charge on any atom is -0.356 e. The number of hydrogen-bond acceptors (Lipinski definition) is 3. The van der Waals surface area contributed by atoms with Gasteiger partial charge in [-0.15, -0.1) is 24.0 Å². The van der Waals surface area contributed by atoms with Gasteiger partial charge < -0.3 is 15.5 Å². The molecule has 1 aromatic rings. The summed E-state index contributed by atoms with van der Waals surface area (Å²) in [6, 6.07) is 2.12. The first kappa shape index (κ1) is 21.2. The normalized spacial score (nSPS) is 18.5. The van der Waals surface area contributed by atoms with Gasteiger partial charge in [-0.1, -0.05) is 6.92 Å². The number of rotatable bonds is 7. The van der Waals surface area contributed by atoms with Crippen molar-refractivity contribution in [3.05, 3.63) is 17.5 Å². The molecule has 24 heavy (non-hydrogen) atoms. The second-order valence-corrected chi connectivity index (χ2v) is 6.43. The fourth-order valence-electron chi connectivity index (χ4n) is 3.17. The first-order valence-electron chi connectivity index (χ1n) is 8.80. The molecular formula is C17H33IN6. The number of hydrogen-bond donors (Lipinski definition) is 2. The highest BCUT2D eigenvalue weighted by atomic mass is 127. The Balaban J connectivity index is 0.00000288. The molecule has 0 radical (unpaired) electrons. The van der Waals surface area contributed by atoms with Gasteiger partial charge in [-0.3, -0.25) is 9.67 Å². The Labute approximate surface area is 163 Å². The van der Waals surface area contributed by atoms with E-state index in [0.717, 1.165) is 50.2 Å². The van der Waals surface area contributed by atoms with E-state index < -0.39 is 0 Å². The first-order valence-corrected chi connectivity index (χ1v) is 8.80. The van der Waals surface area contributed by atoms with Crippen molar-refractivity contribution >= 4 is 29.9 Å². The van der Waals surface area contributed by atoms with Crippen LogP contribution in [0.4, 0.5) is 0 Å². The molecule has 138 valence electrons. The summed E-state index contributed by atoms with van der Waals surface area (Å²) in [5.74, 6) is 1.65. The van der Waals surface area contributed by atoms with Gasteiger partial charge in [0, 0.05) is 38.9 Å². The maximum absolute atomic E-state index is 4.49. The van der Waals surface area contributed by atoms with Gasteiger partial charge in [-0.25, -0.2) is 0 Å². The molecule has 0 saturated carbocycles. The largest absolute Gasteiger partial charge is 0.356 e. The van der Waals surface area contributed by atoms with Crippen LogP contribution in [0, 0.1) is 19.8 Å². The molecule has 2 heterocycles. The van der Waals surface area contributed by atoms with Crippen LogP contribution in [0.5, 0.6) is 0 Å². The molecule has 6 nitrogen and oxygen atoms in total. The average Bonchev–Trinajstić information content (AvgIpc) is 3.12. The van der Waals surface area contributed by atoms with E-state index in [-0.39, 0.29) is 24.0 Å². The minimum absolute atomic E-state index is 0. The Morgan fingerprint density at radius 1 is 1.38 bits per heavy atom. The number of nitrogens with zero attached hydrogens (tertiary/aromatic N) is 4. The third-order valence-corrected chi connectivity index (χ3v) is 4.54. The van der Waals surface area contributed by atoms with Gasteiger partial charge in [-0.2, -0.15) is 5.10 Å². The molecule has 1 aliphatic heterocycles. The molecule has 1 aliphatic rings. The molecule has 0 spiro atoms. The summed E-state index contributed by atoms with van der Waals surface area (Å²) in [6.07, 6.45) is 2.32. The Morgan fingerprint density at radius 2 is 2.17 bits per heavy atom. The maximum Gasteiger partial charge on any atom is 0.190 e. The molecule has 1 aromatic heterocycles. The monoisotopic (exact) mass is 448 g/mol. The topological polar surface area (TPSA) is 57.5 Å². The van der Waals surface area contributed by atoms with E-state index in [9.17, 15) is 0 Å². The van der Waals surface area contributed by atoms with Crippen molar-refractivity contribution in [1.82, 2.24) is 25.3 Å². The summed E-state index contributed by atoms with van der Waals surface area (Å²) in [5.41, 5.74) is 2.32. The van der Waals surface area contributed by atoms with E-state index >= 15 is 0 Å². The average molecular weight is 448 g/mol. The summed E-state index contributed by atoms with van der Waals surface area (Å²) >= 11 is 0. The lowest BCUT2D eigenvalue weighted by Gasteiger charge is -2.16. The van der Waals surface area contributed by atoms with Crippen LogP contribution >= 0.6 is 24.0 Å². The van der Waals surface area contributed by atoms with Crippen molar-refractivity contribution in [2.75, 3.05) is 39.8 Å². The molecule has 2 rings (SSSR count). The lowest BCUT2D eigenvalue weighted by molar-refractivity contribution is 0.342. The lowest BCUT2D eigenvalue weighted by atomic mass is 10.1. The summed E-state index contributed by atoms with van der Waals surface area (Å²) < 4.78 is 2.07. The van der Waals surface area contributed by atoms with Gasteiger partial charge in [0.1, 0.15) is 0 Å². The van der Waals surface area contributed by atoms with E-state index in [4.69, 9.17) is 0 Å². The predicted molar refractivity (Wildman–Crippen MR) is 111 cm³/mol. The van der Waals surface area contributed by atoms with Crippen molar-refractivity contribution in [2.45, 2.75) is 40.2 Å². The lowest BCUT2D eigenvalue weighted by Crippen LogP contribution is -2.40. The molecule has 2 N–H and O–H groups in total. The van der Waals surface area contributed by atoms with Crippen molar-refractivity contribution in [1.29, 1.82) is 0 Å². The van der Waals surface area contributed by atoms with Crippen LogP contribution in [0.1, 0.15) is 31.2 Å². The fourth-order valence-corrected chi connectivity index (χ4v) is 3.17. The fraction of sp³-hybridized carbons (Fsp3) is 0.765. The van der Waals surface area contributed by atoms with Crippen LogP contribution in [0.25, 0.3) is 0 Å². The van der Waals surface area contributed by atoms with Crippen molar-refractivity contribution in [3.8, 4) is 0 Å². The van der Waals surface area contributed by atoms with Crippen molar-refractivity contribution < 1.29 is 0 Å². The van der Waals surface area contributed by atoms with E-state index in [1.165, 1.54) is 25.2 Å². The third kappa shape index (κ3) is 6.58. The van der Waals surface area contributed by atoms with E-state index in [1.807, 2.05) is 14.0 Å². The SMILES string of the molecule is CCN1CCC(CNC(=NC)NCCCn2nc(C)cc2C)C1.I. The van der Waals surface area contributed by atoms with Crippen LogP contribution in [0.3, 0.4) is 0 Å². The van der Waals surface area contributed by atoms with E-state index in [2.05, 4.69) is 50.2 Å². The Bertz CT molecular complexity index is 513. The van der Waals surface area contributed by atoms with Gasteiger partial charge in [0.25, 0.3) is 0 Å². The molecule has 0 aromatic carbocycles. The van der Waals surface area contributed by atoms with Crippen LogP contribution in [0.15, 0.2) is 11.1 Å². The third-order valence-electron chi connectivity index (χ3n) is 4.54. The van der Waals surface area contributed by atoms with E-state index in [1.54, 1.807) is 0 Å². The Morgan fingerprint density at radius 3 is 2.75 bits per heavy atom. The summed E-state index contributed by atoms with van der Waals surface area (Å²) in [6.45, 7) is 12.8. The predicted octanol–water partition coefficient (Wildman–Crippen LogP) is 2.01. The number of likely N-dealkylation sites (tertiary alicyclic amines) is 1. The second-order valence-electron chi connectivity index (χ2n) is 6.43. The van der Waals surface area contributed by atoms with Crippen molar-refractivity contribution in [2.24, 2.45) is 10.9 Å². The number of guanidine groups is 1. The van der Waals surface area contributed by atoms with E-state index in [0.29, 0.717) is 0 Å². The smallest absolute Gasteiger partial charge is 0.190 e. The highest BCUT2D eigenvalue weighted by Crippen LogP contribution is 2.14. The molecule has 1 unspecified atom stereocenters. The van der Waals surface area contributed by atoms with Crippen LogP contribution in [-0.2, 0) is 6.54 Å². The van der Waals surface area contributed by atoms with Crippen LogP contribution < -0.4 is 10.6 Å². The standard InChI is InChI=1S/C17H32N6.HI/c1-5-22-10-7-16(13-22)12-20-17(18-4)19-8-6-9-23-15(3)11-14(2)21-23;/h11,16H,5-10,12-13H2,1-4H3,(H2,18,19,20);1H. The second kappa shape index (κ2) is 10.9. The number of aryl methyl sites for hydroxylation is 3. The van der Waals surface area contributed by atoms with Gasteiger partial charge in [0.2, 0.25) is 0 Å². The Kier molecular flexibility index (Phi) is 9.65. The highest BCUT2D eigenvalue weighted by molar-refractivity contribution is 14.0. The quantitative estimate of drug-likeness (QED) is 0.290. The molecular weight excluding hydrogens is 415 g/mol. The Hall–Kier alpha value is -0.830. The molecule has 0 amide bonds. The van der Waals surface area contributed by atoms with Gasteiger partial charge >= 0.3 is 0 Å². The summed E-state index contributed by atoms with van der Waals surface area (Å²) in [7, 11) is 1.84. The number of aromatic nitrogens is 2. The molecule has 0 aliphatic carbocycles. The highest BCUT2D eigenvalue weighted by Gasteiger charge is 2.20. The zero-order chi connectivity index (χ0) is 16.7. The number of nitrogens with one attached hydrogen (secondary N) is 2. The molecule has 1 fully saturated rings. The summed E-state index contributed by atoms with van der Waals surface area (Å²) in [5, 5.41) is 11.3. The van der Waals surface area contributed by atoms with Gasteiger partial charge in [-0.05, 0) is 51.8 Å². The van der Waals surface area contributed by atoms with Gasteiger partial charge in [0.15, 0.2) is 5.96 Å². The zero-order valence-corrected chi connectivity index (χ0v) is 17.8. The minimum atomic E-state index is 0. The molecule has 0 bridgehead atoms. The maximum atomic E-state index is 4.49. The molecule has 1 saturated heterocycles. The van der Waals surface area contributed by atoms with Crippen LogP contribution in [-0.4, -0.2) is 60.4 Å². The number of halogens is 1. The number of aliphatic imine (C=N–C) groups is 1. The first-order chi connectivity index (χ1) is 11.1. The van der Waals surface area contributed by atoms with Crippen molar-refractivity contribution in [3.63, 3.8) is 0 Å². The molecule has 1 atom stereocenters. The molecule has 7 heteroatoms.